The van der Waals surface area contributed by atoms with Crippen molar-refractivity contribution < 1.29 is 13.5 Å². The van der Waals surface area contributed by atoms with E-state index in [1.807, 2.05) is 6.92 Å². The molecule has 0 radical (unpaired) electrons. The van der Waals surface area contributed by atoms with Crippen LogP contribution in [0.15, 0.2) is 4.90 Å². The Bertz CT molecular complexity index is 599. The van der Waals surface area contributed by atoms with Gasteiger partial charge in [-0.05, 0) is 20.3 Å². The average Bonchev–Trinajstić information content (AvgIpc) is 2.65. The minimum atomic E-state index is -3.66. The molecular weight excluding hydrogens is 278 g/mol. The van der Waals surface area contributed by atoms with Crippen LogP contribution in [0.25, 0.3) is 0 Å². The Kier molecular flexibility index (Phi) is 5.74. The summed E-state index contributed by atoms with van der Waals surface area (Å²) in [5.41, 5.74) is 0.948. The molecule has 7 heteroatoms. The minimum Gasteiger partial charge on any atom is -0.394 e. The van der Waals surface area contributed by atoms with Gasteiger partial charge in [0.15, 0.2) is 0 Å². The molecule has 0 unspecified atom stereocenters. The van der Waals surface area contributed by atoms with E-state index in [1.54, 1.807) is 13.8 Å². The maximum Gasteiger partial charge on any atom is 0.247 e. The standard InChI is InChI=1S/C13H21N3O3S/c1-5-7-15(8-6-2)20(18,19)13-11(3)14-16(9-10-17)12(13)4/h1,17H,6-10H2,2-4H3. The van der Waals surface area contributed by atoms with E-state index in [0.717, 1.165) is 0 Å². The lowest BCUT2D eigenvalue weighted by Gasteiger charge is -2.19. The van der Waals surface area contributed by atoms with E-state index in [-0.39, 0.29) is 24.6 Å². The van der Waals surface area contributed by atoms with Crippen LogP contribution >= 0.6 is 0 Å². The smallest absolute Gasteiger partial charge is 0.247 e. The van der Waals surface area contributed by atoms with E-state index in [1.165, 1.54) is 8.99 Å². The Balaban J connectivity index is 3.30. The van der Waals surface area contributed by atoms with Gasteiger partial charge in [0.1, 0.15) is 4.90 Å². The van der Waals surface area contributed by atoms with Crippen molar-refractivity contribution in [2.75, 3.05) is 19.7 Å². The zero-order valence-corrected chi connectivity index (χ0v) is 12.9. The van der Waals surface area contributed by atoms with E-state index in [0.29, 0.717) is 24.4 Å². The van der Waals surface area contributed by atoms with Gasteiger partial charge in [-0.25, -0.2) is 8.42 Å². The van der Waals surface area contributed by atoms with Crippen LogP contribution in [0.4, 0.5) is 0 Å². The van der Waals surface area contributed by atoms with Gasteiger partial charge < -0.3 is 5.11 Å². The highest BCUT2D eigenvalue weighted by Gasteiger charge is 2.29. The fraction of sp³-hybridized carbons (Fsp3) is 0.615. The number of terminal acetylenes is 1. The molecule has 0 aromatic carbocycles. The molecule has 0 aliphatic rings. The van der Waals surface area contributed by atoms with E-state index in [4.69, 9.17) is 11.5 Å². The van der Waals surface area contributed by atoms with Crippen LogP contribution in [0, 0.1) is 26.2 Å². The van der Waals surface area contributed by atoms with Crippen molar-refractivity contribution in [3.63, 3.8) is 0 Å². The molecular formula is C13H21N3O3S. The highest BCUT2D eigenvalue weighted by atomic mass is 32.2. The number of nitrogens with zero attached hydrogens (tertiary/aromatic N) is 3. The summed E-state index contributed by atoms with van der Waals surface area (Å²) in [4.78, 5) is 0.189. The number of aliphatic hydroxyl groups is 1. The summed E-state index contributed by atoms with van der Waals surface area (Å²) in [7, 11) is -3.66. The highest BCUT2D eigenvalue weighted by molar-refractivity contribution is 7.89. The molecule has 0 spiro atoms. The number of aryl methyl sites for hydroxylation is 1. The molecule has 6 nitrogen and oxygen atoms in total. The Hall–Kier alpha value is -1.36. The van der Waals surface area contributed by atoms with Gasteiger partial charge in [0.05, 0.1) is 31.1 Å². The Labute approximate surface area is 120 Å². The van der Waals surface area contributed by atoms with Crippen molar-refractivity contribution in [2.24, 2.45) is 0 Å². The van der Waals surface area contributed by atoms with Crippen LogP contribution in [0.3, 0.4) is 0 Å². The molecule has 20 heavy (non-hydrogen) atoms. The van der Waals surface area contributed by atoms with E-state index >= 15 is 0 Å². The summed E-state index contributed by atoms with van der Waals surface area (Å²) in [6, 6.07) is 0. The van der Waals surface area contributed by atoms with Crippen LogP contribution in [0.1, 0.15) is 24.7 Å². The molecule has 112 valence electrons. The summed E-state index contributed by atoms with van der Waals surface area (Å²) >= 11 is 0. The number of sulfonamides is 1. The normalized spacial score (nSPS) is 11.8. The Morgan fingerprint density at radius 2 is 2.10 bits per heavy atom. The number of aliphatic hydroxyl groups excluding tert-OH is 1. The molecule has 0 saturated heterocycles. The van der Waals surface area contributed by atoms with Crippen molar-refractivity contribution in [3.8, 4) is 12.3 Å². The third-order valence-corrected chi connectivity index (χ3v) is 5.06. The SMILES string of the molecule is C#CCN(CCC)S(=O)(=O)c1c(C)nn(CCO)c1C. The highest BCUT2D eigenvalue weighted by Crippen LogP contribution is 2.23. The van der Waals surface area contributed by atoms with Gasteiger partial charge in [0.25, 0.3) is 0 Å². The second-order valence-electron chi connectivity index (χ2n) is 4.49. The molecule has 0 aliphatic carbocycles. The van der Waals surface area contributed by atoms with Crippen LogP contribution < -0.4 is 0 Å². The second kappa shape index (κ2) is 6.88. The maximum atomic E-state index is 12.7. The van der Waals surface area contributed by atoms with Gasteiger partial charge in [-0.2, -0.15) is 9.40 Å². The topological polar surface area (TPSA) is 75.4 Å². The largest absolute Gasteiger partial charge is 0.394 e. The van der Waals surface area contributed by atoms with Gasteiger partial charge >= 0.3 is 0 Å². The lowest BCUT2D eigenvalue weighted by molar-refractivity contribution is 0.267. The Morgan fingerprint density at radius 3 is 2.60 bits per heavy atom. The fourth-order valence-corrected chi connectivity index (χ4v) is 3.95. The minimum absolute atomic E-state index is 0.0419. The van der Waals surface area contributed by atoms with E-state index < -0.39 is 10.0 Å². The molecule has 0 saturated carbocycles. The molecule has 1 rings (SSSR count). The van der Waals surface area contributed by atoms with Crippen molar-refractivity contribution >= 4 is 10.0 Å². The zero-order valence-electron chi connectivity index (χ0n) is 12.1. The Morgan fingerprint density at radius 1 is 1.45 bits per heavy atom. The van der Waals surface area contributed by atoms with Crippen LogP contribution in [-0.2, 0) is 16.6 Å². The summed E-state index contributed by atoms with van der Waals surface area (Å²) < 4.78 is 28.2. The van der Waals surface area contributed by atoms with Crippen LogP contribution in [0.2, 0.25) is 0 Å². The van der Waals surface area contributed by atoms with E-state index in [2.05, 4.69) is 11.0 Å². The molecule has 1 aromatic rings. The zero-order chi connectivity index (χ0) is 15.3. The molecule has 0 aliphatic heterocycles. The van der Waals surface area contributed by atoms with Crippen LogP contribution in [0.5, 0.6) is 0 Å². The molecule has 0 bridgehead atoms. The fourth-order valence-electron chi connectivity index (χ4n) is 2.13. The number of rotatable bonds is 7. The van der Waals surface area contributed by atoms with Crippen molar-refractivity contribution in [3.05, 3.63) is 11.4 Å². The maximum absolute atomic E-state index is 12.7. The van der Waals surface area contributed by atoms with E-state index in [9.17, 15) is 8.42 Å². The van der Waals surface area contributed by atoms with Gasteiger partial charge in [-0.1, -0.05) is 12.8 Å². The number of hydrogen-bond donors (Lipinski definition) is 1. The average molecular weight is 299 g/mol. The number of aromatic nitrogens is 2. The quantitative estimate of drug-likeness (QED) is 0.745. The second-order valence-corrected chi connectivity index (χ2v) is 6.36. The third kappa shape index (κ3) is 3.20. The monoisotopic (exact) mass is 299 g/mol. The summed E-state index contributed by atoms with van der Waals surface area (Å²) in [5, 5.41) is 13.1. The van der Waals surface area contributed by atoms with Gasteiger partial charge in [-0.3, -0.25) is 4.68 Å². The molecule has 1 heterocycles. The van der Waals surface area contributed by atoms with Gasteiger partial charge in [0, 0.05) is 6.54 Å². The summed E-state index contributed by atoms with van der Waals surface area (Å²) in [6.07, 6.45) is 5.94. The van der Waals surface area contributed by atoms with Gasteiger partial charge in [0.2, 0.25) is 10.0 Å². The predicted octanol–water partition coefficient (Wildman–Crippen LogP) is 0.526. The first-order chi connectivity index (χ1) is 9.39. The van der Waals surface area contributed by atoms with Gasteiger partial charge in [-0.15, -0.1) is 6.42 Å². The lowest BCUT2D eigenvalue weighted by atomic mass is 10.4. The molecule has 1 N–H and O–H groups in total. The molecule has 0 fully saturated rings. The number of hydrogen-bond acceptors (Lipinski definition) is 4. The predicted molar refractivity (Wildman–Crippen MR) is 76.7 cm³/mol. The molecule has 0 amide bonds. The molecule has 1 aromatic heterocycles. The van der Waals surface area contributed by atoms with Crippen molar-refractivity contribution in [2.45, 2.75) is 38.6 Å². The van der Waals surface area contributed by atoms with Crippen molar-refractivity contribution in [1.82, 2.24) is 14.1 Å². The first kappa shape index (κ1) is 16.7. The summed E-state index contributed by atoms with van der Waals surface area (Å²) in [5.74, 6) is 2.38. The first-order valence-electron chi connectivity index (χ1n) is 6.48. The summed E-state index contributed by atoms with van der Waals surface area (Å²) in [6.45, 7) is 5.82. The third-order valence-electron chi connectivity index (χ3n) is 2.97. The molecule has 0 atom stereocenters. The lowest BCUT2D eigenvalue weighted by Crippen LogP contribution is -2.33. The first-order valence-corrected chi connectivity index (χ1v) is 7.92. The van der Waals surface area contributed by atoms with Crippen LogP contribution in [-0.4, -0.2) is 47.3 Å². The van der Waals surface area contributed by atoms with Crippen molar-refractivity contribution in [1.29, 1.82) is 0 Å².